The molecule has 0 atom stereocenters. The van der Waals surface area contributed by atoms with E-state index < -0.39 is 10.1 Å². The summed E-state index contributed by atoms with van der Waals surface area (Å²) < 4.78 is 32.7. The summed E-state index contributed by atoms with van der Waals surface area (Å²) in [5, 5.41) is 0. The fourth-order valence-electron chi connectivity index (χ4n) is 3.49. The zero-order valence-electron chi connectivity index (χ0n) is 17.8. The van der Waals surface area contributed by atoms with Gasteiger partial charge in [-0.1, -0.05) is 77.6 Å². The smallest absolute Gasteiger partial charge is 0.0945 e. The van der Waals surface area contributed by atoms with Gasteiger partial charge in [0.15, 0.2) is 0 Å². The highest BCUT2D eigenvalue weighted by molar-refractivity contribution is 7.85. The Labute approximate surface area is 164 Å². The van der Waals surface area contributed by atoms with Gasteiger partial charge in [0, 0.05) is 5.75 Å². The van der Waals surface area contributed by atoms with Crippen LogP contribution < -0.4 is 0 Å². The van der Waals surface area contributed by atoms with Gasteiger partial charge in [0.25, 0.3) is 0 Å². The first-order valence-electron chi connectivity index (χ1n) is 11.0. The summed E-state index contributed by atoms with van der Waals surface area (Å²) in [5.74, 6) is -0.217. The van der Waals surface area contributed by atoms with Crippen LogP contribution in [-0.2, 0) is 10.1 Å². The van der Waals surface area contributed by atoms with Crippen molar-refractivity contribution < 1.29 is 17.5 Å². The molecule has 0 N–H and O–H groups in total. The molecule has 0 aliphatic rings. The molecule has 0 aliphatic heterocycles. The highest BCUT2D eigenvalue weighted by Crippen LogP contribution is 2.13. The van der Waals surface area contributed by atoms with Crippen LogP contribution in [0, 0.1) is 0 Å². The van der Waals surface area contributed by atoms with Gasteiger partial charge in [0.05, 0.1) is 37.3 Å². The molecule has 4 nitrogen and oxygen atoms in total. The van der Waals surface area contributed by atoms with Crippen molar-refractivity contribution in [3.8, 4) is 0 Å². The van der Waals surface area contributed by atoms with Crippen LogP contribution in [0.5, 0.6) is 0 Å². The van der Waals surface area contributed by atoms with Gasteiger partial charge in [0.1, 0.15) is 0 Å². The molecular weight excluding hydrogens is 346 g/mol. The van der Waals surface area contributed by atoms with Gasteiger partial charge in [-0.25, -0.2) is 8.42 Å². The Morgan fingerprint density at radius 1 is 0.615 bits per heavy atom. The summed E-state index contributed by atoms with van der Waals surface area (Å²) in [6.07, 6.45) is 19.2. The zero-order valence-corrected chi connectivity index (χ0v) is 18.6. The monoisotopic (exact) mass is 391 g/mol. The number of rotatable bonds is 19. The summed E-state index contributed by atoms with van der Waals surface area (Å²) in [4.78, 5) is 0. The molecule has 0 saturated carbocycles. The lowest BCUT2D eigenvalue weighted by atomic mass is 10.0. The number of quaternary nitrogens is 1. The minimum Gasteiger partial charge on any atom is -0.748 e. The quantitative estimate of drug-likeness (QED) is 0.166. The summed E-state index contributed by atoms with van der Waals surface area (Å²) in [7, 11) is 0.361. The second-order valence-electron chi connectivity index (χ2n) is 8.59. The van der Waals surface area contributed by atoms with E-state index in [4.69, 9.17) is 0 Å². The minimum absolute atomic E-state index is 0.217. The first-order valence-corrected chi connectivity index (χ1v) is 12.6. The van der Waals surface area contributed by atoms with Crippen molar-refractivity contribution in [2.45, 2.75) is 103 Å². The summed E-state index contributed by atoms with van der Waals surface area (Å²) in [6.45, 7) is 4.36. The topological polar surface area (TPSA) is 57.2 Å². The third-order valence-electron chi connectivity index (χ3n) is 5.27. The van der Waals surface area contributed by atoms with E-state index in [1.54, 1.807) is 0 Å². The number of unbranched alkanes of at least 4 members (excludes halogenated alkanes) is 13. The molecule has 158 valence electrons. The van der Waals surface area contributed by atoms with E-state index in [1.165, 1.54) is 83.5 Å². The van der Waals surface area contributed by atoms with E-state index in [0.717, 1.165) is 24.0 Å². The summed E-state index contributed by atoms with van der Waals surface area (Å²) in [6, 6.07) is 0. The molecular formula is C21H45NO3S. The largest absolute Gasteiger partial charge is 0.748 e. The maximum atomic E-state index is 10.6. The molecule has 0 amide bonds. The van der Waals surface area contributed by atoms with Gasteiger partial charge in [-0.2, -0.15) is 0 Å². The van der Waals surface area contributed by atoms with Crippen molar-refractivity contribution in [2.75, 3.05) is 32.9 Å². The molecule has 0 bridgehead atoms. The molecule has 0 radical (unpaired) electrons. The molecule has 0 aromatic rings. The van der Waals surface area contributed by atoms with E-state index in [0.29, 0.717) is 6.42 Å². The average molecular weight is 392 g/mol. The molecule has 5 heteroatoms. The lowest BCUT2D eigenvalue weighted by Gasteiger charge is -2.30. The fraction of sp³-hybridized carbons (Fsp3) is 1.00. The van der Waals surface area contributed by atoms with Gasteiger partial charge in [0.2, 0.25) is 0 Å². The summed E-state index contributed by atoms with van der Waals surface area (Å²) >= 11 is 0. The maximum absolute atomic E-state index is 10.6. The Hall–Kier alpha value is -0.130. The molecule has 0 heterocycles. The maximum Gasteiger partial charge on any atom is 0.0945 e. The highest BCUT2D eigenvalue weighted by atomic mass is 32.2. The molecule has 26 heavy (non-hydrogen) atoms. The van der Waals surface area contributed by atoms with Gasteiger partial charge in [-0.3, -0.25) is 0 Å². The van der Waals surface area contributed by atoms with Crippen molar-refractivity contribution in [3.63, 3.8) is 0 Å². The first kappa shape index (κ1) is 25.9. The van der Waals surface area contributed by atoms with E-state index in [1.807, 2.05) is 0 Å². The van der Waals surface area contributed by atoms with Crippen LogP contribution in [0.1, 0.15) is 103 Å². The Balaban J connectivity index is 3.37. The van der Waals surface area contributed by atoms with Gasteiger partial charge in [-0.05, 0) is 25.7 Å². The Morgan fingerprint density at radius 3 is 1.35 bits per heavy atom. The van der Waals surface area contributed by atoms with Crippen molar-refractivity contribution in [1.82, 2.24) is 0 Å². The average Bonchev–Trinajstić information content (AvgIpc) is 2.55. The Kier molecular flexibility index (Phi) is 15.8. The zero-order chi connectivity index (χ0) is 19.7. The van der Waals surface area contributed by atoms with Crippen molar-refractivity contribution >= 4 is 10.1 Å². The van der Waals surface area contributed by atoms with Crippen LogP contribution >= 0.6 is 0 Å². The van der Waals surface area contributed by atoms with Crippen molar-refractivity contribution in [2.24, 2.45) is 0 Å². The van der Waals surface area contributed by atoms with Crippen LogP contribution in [-0.4, -0.2) is 50.4 Å². The van der Waals surface area contributed by atoms with Crippen LogP contribution in [0.2, 0.25) is 0 Å². The standard InChI is InChI=1S/C21H45NO3S/c1-4-5-6-7-8-9-10-11-12-13-14-15-16-19-22(2,3)20-17-18-21-26(23,24)25/h4-21H2,1-3H3. The predicted octanol–water partition coefficient (Wildman–Crippen LogP) is 5.48. The lowest BCUT2D eigenvalue weighted by Crippen LogP contribution is -2.41. The molecule has 0 aromatic carbocycles. The van der Waals surface area contributed by atoms with Crippen molar-refractivity contribution in [1.29, 1.82) is 0 Å². The Bertz CT molecular complexity index is 407. The SMILES string of the molecule is CCCCCCCCCCCCCCC[N+](C)(C)CCCCS(=O)(=O)[O-]. The van der Waals surface area contributed by atoms with Crippen molar-refractivity contribution in [3.05, 3.63) is 0 Å². The predicted molar refractivity (Wildman–Crippen MR) is 111 cm³/mol. The second kappa shape index (κ2) is 15.9. The fourth-order valence-corrected chi connectivity index (χ4v) is 4.05. The molecule has 0 unspecified atom stereocenters. The minimum atomic E-state index is -4.04. The second-order valence-corrected chi connectivity index (χ2v) is 10.1. The van der Waals surface area contributed by atoms with Crippen LogP contribution in [0.4, 0.5) is 0 Å². The Morgan fingerprint density at radius 2 is 0.962 bits per heavy atom. The van der Waals surface area contributed by atoms with Crippen LogP contribution in [0.3, 0.4) is 0 Å². The normalized spacial score (nSPS) is 12.6. The number of hydrogen-bond donors (Lipinski definition) is 0. The van der Waals surface area contributed by atoms with Gasteiger partial charge < -0.3 is 9.04 Å². The third-order valence-corrected chi connectivity index (χ3v) is 6.06. The third kappa shape index (κ3) is 20.2. The van der Waals surface area contributed by atoms with Gasteiger partial charge >= 0.3 is 0 Å². The van der Waals surface area contributed by atoms with E-state index in [2.05, 4.69) is 21.0 Å². The number of nitrogens with zero attached hydrogens (tertiary/aromatic N) is 1. The molecule has 0 fully saturated rings. The lowest BCUT2D eigenvalue weighted by molar-refractivity contribution is -0.890. The van der Waals surface area contributed by atoms with Crippen LogP contribution in [0.25, 0.3) is 0 Å². The number of hydrogen-bond acceptors (Lipinski definition) is 3. The van der Waals surface area contributed by atoms with E-state index in [-0.39, 0.29) is 5.75 Å². The summed E-state index contributed by atoms with van der Waals surface area (Å²) in [5.41, 5.74) is 0. The first-order chi connectivity index (χ1) is 12.3. The highest BCUT2D eigenvalue weighted by Gasteiger charge is 2.13. The molecule has 0 spiro atoms. The molecule has 0 aliphatic carbocycles. The van der Waals surface area contributed by atoms with Crippen LogP contribution in [0.15, 0.2) is 0 Å². The molecule has 0 aromatic heterocycles. The molecule has 0 saturated heterocycles. The van der Waals surface area contributed by atoms with Gasteiger partial charge in [-0.15, -0.1) is 0 Å². The van der Waals surface area contributed by atoms with E-state index >= 15 is 0 Å². The molecule has 0 rings (SSSR count). The van der Waals surface area contributed by atoms with E-state index in [9.17, 15) is 13.0 Å².